The number of hydrogen-bond donors (Lipinski definition) is 0. The van der Waals surface area contributed by atoms with Gasteiger partial charge in [0.15, 0.2) is 0 Å². The minimum atomic E-state index is -0.832. The molecular formula is C27H21N3O7. The van der Waals surface area contributed by atoms with Crippen molar-refractivity contribution >= 4 is 40.8 Å². The number of carbonyl (C=O) groups excluding carboxylic acids is 4. The average molecular weight is 499 g/mol. The van der Waals surface area contributed by atoms with Gasteiger partial charge in [0.05, 0.1) is 22.1 Å². The van der Waals surface area contributed by atoms with Crippen LogP contribution in [0.1, 0.15) is 38.3 Å². The number of aryl methyl sites for hydroxylation is 2. The molecule has 2 heterocycles. The number of ether oxygens (including phenoxy) is 1. The number of esters is 1. The Kier molecular flexibility index (Phi) is 5.79. The fraction of sp³-hybridized carbons (Fsp3) is 0.185. The molecule has 0 N–H and O–H groups in total. The zero-order chi connectivity index (χ0) is 26.4. The second-order valence-electron chi connectivity index (χ2n) is 8.97. The van der Waals surface area contributed by atoms with Crippen LogP contribution in [0.2, 0.25) is 0 Å². The number of benzene rings is 3. The number of fused-ring (bicyclic) bond motifs is 1. The van der Waals surface area contributed by atoms with Gasteiger partial charge in [-0.3, -0.25) is 29.3 Å². The molecular weight excluding hydrogens is 478 g/mol. The van der Waals surface area contributed by atoms with Gasteiger partial charge in [-0.2, -0.15) is 0 Å². The Morgan fingerprint density at radius 3 is 2.35 bits per heavy atom. The van der Waals surface area contributed by atoms with Crippen molar-refractivity contribution in [2.45, 2.75) is 20.3 Å². The first kappa shape index (κ1) is 23.9. The van der Waals surface area contributed by atoms with E-state index in [4.69, 9.17) is 4.74 Å². The minimum absolute atomic E-state index is 0.00558. The lowest BCUT2D eigenvalue weighted by atomic mass is 10.1. The number of nitro groups is 1. The van der Waals surface area contributed by atoms with Gasteiger partial charge in [0.1, 0.15) is 11.3 Å². The number of rotatable bonds is 5. The van der Waals surface area contributed by atoms with E-state index < -0.39 is 34.3 Å². The van der Waals surface area contributed by atoms with Crippen LogP contribution in [-0.2, 0) is 9.59 Å². The third-order valence-electron chi connectivity index (χ3n) is 6.55. The predicted molar refractivity (Wildman–Crippen MR) is 133 cm³/mol. The van der Waals surface area contributed by atoms with E-state index in [1.54, 1.807) is 4.90 Å². The molecule has 3 aromatic carbocycles. The highest BCUT2D eigenvalue weighted by molar-refractivity contribution is 6.35. The van der Waals surface area contributed by atoms with Gasteiger partial charge in [0.25, 0.3) is 17.5 Å². The van der Waals surface area contributed by atoms with E-state index in [0.717, 1.165) is 27.8 Å². The second-order valence-corrected chi connectivity index (χ2v) is 8.97. The summed E-state index contributed by atoms with van der Waals surface area (Å²) in [4.78, 5) is 64.6. The molecule has 1 saturated heterocycles. The van der Waals surface area contributed by atoms with Gasteiger partial charge < -0.3 is 9.64 Å². The summed E-state index contributed by atoms with van der Waals surface area (Å²) < 4.78 is 5.53. The van der Waals surface area contributed by atoms with Crippen molar-refractivity contribution in [3.05, 3.63) is 93.0 Å². The Balaban J connectivity index is 1.35. The topological polar surface area (TPSA) is 127 Å². The smallest absolute Gasteiger partial charge is 0.316 e. The van der Waals surface area contributed by atoms with Crippen LogP contribution in [0.25, 0.3) is 0 Å². The number of imide groups is 1. The van der Waals surface area contributed by atoms with Crippen LogP contribution in [0.5, 0.6) is 5.75 Å². The molecule has 0 radical (unpaired) electrons. The molecule has 186 valence electrons. The summed E-state index contributed by atoms with van der Waals surface area (Å²) in [5.74, 6) is -2.96. The molecule has 0 saturated carbocycles. The molecule has 0 aliphatic carbocycles. The fourth-order valence-corrected chi connectivity index (χ4v) is 4.85. The third-order valence-corrected chi connectivity index (χ3v) is 6.55. The maximum atomic E-state index is 13.0. The molecule has 37 heavy (non-hydrogen) atoms. The van der Waals surface area contributed by atoms with Crippen molar-refractivity contribution in [3.63, 3.8) is 0 Å². The van der Waals surface area contributed by atoms with Gasteiger partial charge >= 0.3 is 5.97 Å². The fourth-order valence-electron chi connectivity index (χ4n) is 4.85. The van der Waals surface area contributed by atoms with E-state index in [2.05, 4.69) is 0 Å². The Labute approximate surface area is 211 Å². The number of amides is 3. The molecule has 1 atom stereocenters. The highest BCUT2D eigenvalue weighted by Gasteiger charge is 2.42. The Hall–Kier alpha value is -4.86. The molecule has 10 nitrogen and oxygen atoms in total. The zero-order valence-corrected chi connectivity index (χ0v) is 20.0. The summed E-state index contributed by atoms with van der Waals surface area (Å²) in [6, 6.07) is 15.4. The largest absolute Gasteiger partial charge is 0.426 e. The van der Waals surface area contributed by atoms with Gasteiger partial charge in [0, 0.05) is 30.8 Å². The van der Waals surface area contributed by atoms with Gasteiger partial charge in [-0.1, -0.05) is 30.3 Å². The molecule has 0 aromatic heterocycles. The molecule has 0 bridgehead atoms. The van der Waals surface area contributed by atoms with Crippen LogP contribution in [0.4, 0.5) is 17.1 Å². The Bertz CT molecular complexity index is 1490. The SMILES string of the molecule is Cc1cccc(C)c1N1C[C@H](C(=O)Oc2cccc(N3C(=O)c4cccc([N+](=O)[O-])c4C3=O)c2)CC1=O. The van der Waals surface area contributed by atoms with Crippen molar-refractivity contribution in [3.8, 4) is 5.75 Å². The van der Waals surface area contributed by atoms with E-state index in [1.165, 1.54) is 36.4 Å². The Morgan fingerprint density at radius 2 is 1.65 bits per heavy atom. The normalized spacial score (nSPS) is 16.8. The summed E-state index contributed by atoms with van der Waals surface area (Å²) >= 11 is 0. The standard InChI is InChI=1S/C27H21N3O7/c1-15-6-3-7-16(2)24(15)28-14-17(12-22(28)31)27(34)37-19-9-4-8-18(13-19)29-25(32)20-10-5-11-21(30(35)36)23(20)26(29)33/h3-11,13,17H,12,14H2,1-2H3/t17-/m1/s1. The van der Waals surface area contributed by atoms with Crippen LogP contribution in [0.3, 0.4) is 0 Å². The minimum Gasteiger partial charge on any atom is -0.426 e. The van der Waals surface area contributed by atoms with E-state index in [0.29, 0.717) is 0 Å². The van der Waals surface area contributed by atoms with Crippen molar-refractivity contribution in [1.82, 2.24) is 0 Å². The summed E-state index contributed by atoms with van der Waals surface area (Å²) in [5, 5.41) is 11.4. The number of hydrogen-bond acceptors (Lipinski definition) is 7. The van der Waals surface area contributed by atoms with Crippen molar-refractivity contribution in [2.75, 3.05) is 16.3 Å². The molecule has 2 aliphatic heterocycles. The van der Waals surface area contributed by atoms with Gasteiger partial charge in [-0.05, 0) is 43.2 Å². The lowest BCUT2D eigenvalue weighted by Gasteiger charge is -2.21. The van der Waals surface area contributed by atoms with Crippen molar-refractivity contribution in [1.29, 1.82) is 0 Å². The molecule has 10 heteroatoms. The van der Waals surface area contributed by atoms with Crippen molar-refractivity contribution in [2.24, 2.45) is 5.92 Å². The predicted octanol–water partition coefficient (Wildman–Crippen LogP) is 3.97. The maximum Gasteiger partial charge on any atom is 0.316 e. The van der Waals surface area contributed by atoms with Crippen LogP contribution in [0.15, 0.2) is 60.7 Å². The molecule has 0 unspecified atom stereocenters. The molecule has 1 fully saturated rings. The highest BCUT2D eigenvalue weighted by Crippen LogP contribution is 2.36. The van der Waals surface area contributed by atoms with Crippen LogP contribution >= 0.6 is 0 Å². The summed E-state index contributed by atoms with van der Waals surface area (Å²) in [6.07, 6.45) is -0.00558. The molecule has 3 amide bonds. The van der Waals surface area contributed by atoms with E-state index in [-0.39, 0.29) is 41.4 Å². The third kappa shape index (κ3) is 4.02. The van der Waals surface area contributed by atoms with Crippen LogP contribution in [0, 0.1) is 29.9 Å². The number of carbonyl (C=O) groups is 4. The van der Waals surface area contributed by atoms with Gasteiger partial charge in [-0.25, -0.2) is 4.90 Å². The van der Waals surface area contributed by atoms with Crippen LogP contribution < -0.4 is 14.5 Å². The summed E-state index contributed by atoms with van der Waals surface area (Å²) in [7, 11) is 0. The maximum absolute atomic E-state index is 13.0. The molecule has 2 aliphatic rings. The molecule has 0 spiro atoms. The molecule has 5 rings (SSSR count). The summed E-state index contributed by atoms with van der Waals surface area (Å²) in [5.41, 5.74) is 1.93. The highest BCUT2D eigenvalue weighted by atomic mass is 16.6. The van der Waals surface area contributed by atoms with Gasteiger partial charge in [0.2, 0.25) is 5.91 Å². The first-order valence-electron chi connectivity index (χ1n) is 11.5. The number of anilines is 2. The lowest BCUT2D eigenvalue weighted by molar-refractivity contribution is -0.385. The first-order chi connectivity index (χ1) is 17.7. The van der Waals surface area contributed by atoms with Gasteiger partial charge in [-0.15, -0.1) is 0 Å². The monoisotopic (exact) mass is 499 g/mol. The van der Waals surface area contributed by atoms with Crippen molar-refractivity contribution < 1.29 is 28.8 Å². The first-order valence-corrected chi connectivity index (χ1v) is 11.5. The van der Waals surface area contributed by atoms with E-state index in [9.17, 15) is 29.3 Å². The second kappa shape index (κ2) is 8.98. The quantitative estimate of drug-likeness (QED) is 0.171. The number of nitro benzene ring substituents is 1. The number of nitrogens with zero attached hydrogens (tertiary/aromatic N) is 3. The lowest BCUT2D eigenvalue weighted by Crippen LogP contribution is -2.30. The molecule has 3 aromatic rings. The average Bonchev–Trinajstić information content (AvgIpc) is 3.36. The van der Waals surface area contributed by atoms with Crippen LogP contribution in [-0.4, -0.2) is 35.2 Å². The van der Waals surface area contributed by atoms with E-state index >= 15 is 0 Å². The van der Waals surface area contributed by atoms with E-state index in [1.807, 2.05) is 32.0 Å². The Morgan fingerprint density at radius 1 is 0.973 bits per heavy atom. The summed E-state index contributed by atoms with van der Waals surface area (Å²) in [6.45, 7) is 3.98. The zero-order valence-electron chi connectivity index (χ0n) is 20.0. The number of para-hydroxylation sites is 1.